The van der Waals surface area contributed by atoms with Gasteiger partial charge in [-0.2, -0.15) is 0 Å². The summed E-state index contributed by atoms with van der Waals surface area (Å²) >= 11 is 1.80. The van der Waals surface area contributed by atoms with E-state index in [1.54, 1.807) is 11.3 Å². The number of nitrogens with zero attached hydrogens (tertiary/aromatic N) is 1. The molecule has 0 radical (unpaired) electrons. The third-order valence-electron chi connectivity index (χ3n) is 3.85. The summed E-state index contributed by atoms with van der Waals surface area (Å²) in [5, 5.41) is 3.47. The van der Waals surface area contributed by atoms with Gasteiger partial charge in [-0.3, -0.25) is 0 Å². The Kier molecular flexibility index (Phi) is 9.15. The molecule has 1 aromatic rings. The molecular weight excluding hydrogens is 250 g/mol. The second kappa shape index (κ2) is 10.4. The van der Waals surface area contributed by atoms with Crippen LogP contribution in [0.3, 0.4) is 0 Å². The fraction of sp³-hybridized carbons (Fsp3) is 0.824. The standard InChI is InChI=1S/C17H31NS/c1-4-6-8-10-12-16(11-9-7-5-2)13-17-14-19-15(3)18-17/h14,16H,4-13H2,1-3H3. The van der Waals surface area contributed by atoms with Gasteiger partial charge in [-0.25, -0.2) is 4.98 Å². The summed E-state index contributed by atoms with van der Waals surface area (Å²) in [4.78, 5) is 4.64. The van der Waals surface area contributed by atoms with E-state index in [0.29, 0.717) is 0 Å². The minimum atomic E-state index is 0.866. The number of unbranched alkanes of at least 4 members (excludes halogenated alkanes) is 5. The molecule has 0 fully saturated rings. The Hall–Kier alpha value is -0.370. The molecule has 0 aromatic carbocycles. The number of thiazole rings is 1. The first-order valence-corrected chi connectivity index (χ1v) is 9.05. The van der Waals surface area contributed by atoms with Gasteiger partial charge in [0.1, 0.15) is 0 Å². The molecule has 1 aromatic heterocycles. The molecule has 110 valence electrons. The van der Waals surface area contributed by atoms with Gasteiger partial charge in [0.2, 0.25) is 0 Å². The molecule has 1 atom stereocenters. The van der Waals surface area contributed by atoms with Gasteiger partial charge in [0.25, 0.3) is 0 Å². The predicted molar refractivity (Wildman–Crippen MR) is 86.9 cm³/mol. The summed E-state index contributed by atoms with van der Waals surface area (Å²) in [5.74, 6) is 0.866. The maximum absolute atomic E-state index is 4.64. The smallest absolute Gasteiger partial charge is 0.0897 e. The Labute approximate surface area is 123 Å². The van der Waals surface area contributed by atoms with Crippen LogP contribution in [0.5, 0.6) is 0 Å². The van der Waals surface area contributed by atoms with Crippen molar-refractivity contribution in [1.82, 2.24) is 4.98 Å². The molecule has 1 unspecified atom stereocenters. The SMILES string of the molecule is CCCCCCC(CCCCC)Cc1csc(C)n1. The molecule has 0 aliphatic carbocycles. The first-order valence-electron chi connectivity index (χ1n) is 8.17. The lowest BCUT2D eigenvalue weighted by Gasteiger charge is -2.15. The molecule has 0 saturated heterocycles. The van der Waals surface area contributed by atoms with Crippen LogP contribution in [0.15, 0.2) is 5.38 Å². The predicted octanol–water partition coefficient (Wildman–Crippen LogP) is 6.16. The van der Waals surface area contributed by atoms with Gasteiger partial charge in [0.15, 0.2) is 0 Å². The molecule has 2 heteroatoms. The van der Waals surface area contributed by atoms with E-state index >= 15 is 0 Å². The topological polar surface area (TPSA) is 12.9 Å². The zero-order valence-electron chi connectivity index (χ0n) is 13.1. The highest BCUT2D eigenvalue weighted by Gasteiger charge is 2.11. The molecular formula is C17H31NS. The molecule has 0 N–H and O–H groups in total. The molecule has 0 bridgehead atoms. The van der Waals surface area contributed by atoms with Crippen LogP contribution in [0.1, 0.15) is 82.3 Å². The molecule has 0 amide bonds. The Morgan fingerprint density at radius 1 is 1.00 bits per heavy atom. The molecule has 0 spiro atoms. The quantitative estimate of drug-likeness (QED) is 0.442. The number of hydrogen-bond donors (Lipinski definition) is 0. The van der Waals surface area contributed by atoms with E-state index in [2.05, 4.69) is 31.1 Å². The monoisotopic (exact) mass is 281 g/mol. The second-order valence-electron chi connectivity index (χ2n) is 5.77. The lowest BCUT2D eigenvalue weighted by atomic mass is 9.91. The largest absolute Gasteiger partial charge is 0.247 e. The Morgan fingerprint density at radius 2 is 1.63 bits per heavy atom. The molecule has 1 heterocycles. The Balaban J connectivity index is 2.34. The second-order valence-corrected chi connectivity index (χ2v) is 6.84. The summed E-state index contributed by atoms with van der Waals surface area (Å²) in [6, 6.07) is 0. The summed E-state index contributed by atoms with van der Waals surface area (Å²) in [6.07, 6.45) is 13.7. The average Bonchev–Trinajstić information content (AvgIpc) is 2.80. The van der Waals surface area contributed by atoms with E-state index in [1.165, 1.54) is 74.9 Å². The molecule has 19 heavy (non-hydrogen) atoms. The van der Waals surface area contributed by atoms with E-state index in [0.717, 1.165) is 5.92 Å². The van der Waals surface area contributed by atoms with Gasteiger partial charge < -0.3 is 0 Å². The Bertz CT molecular complexity index is 319. The van der Waals surface area contributed by atoms with E-state index in [4.69, 9.17) is 0 Å². The molecule has 1 nitrogen and oxygen atoms in total. The van der Waals surface area contributed by atoms with Crippen LogP contribution in [-0.2, 0) is 6.42 Å². The highest BCUT2D eigenvalue weighted by Crippen LogP contribution is 2.23. The van der Waals surface area contributed by atoms with Gasteiger partial charge in [-0.1, -0.05) is 71.6 Å². The normalized spacial score (nSPS) is 12.8. The van der Waals surface area contributed by atoms with Crippen molar-refractivity contribution in [3.63, 3.8) is 0 Å². The molecule has 0 aliphatic rings. The van der Waals surface area contributed by atoms with Crippen molar-refractivity contribution in [3.8, 4) is 0 Å². The van der Waals surface area contributed by atoms with Crippen LogP contribution in [0.2, 0.25) is 0 Å². The minimum absolute atomic E-state index is 0.866. The van der Waals surface area contributed by atoms with Crippen LogP contribution in [0.25, 0.3) is 0 Å². The minimum Gasteiger partial charge on any atom is -0.247 e. The maximum atomic E-state index is 4.64. The van der Waals surface area contributed by atoms with Crippen molar-refractivity contribution in [3.05, 3.63) is 16.1 Å². The van der Waals surface area contributed by atoms with Crippen LogP contribution in [0, 0.1) is 12.8 Å². The van der Waals surface area contributed by atoms with Crippen LogP contribution < -0.4 is 0 Å². The van der Waals surface area contributed by atoms with E-state index in [9.17, 15) is 0 Å². The van der Waals surface area contributed by atoms with Crippen molar-refractivity contribution < 1.29 is 0 Å². The van der Waals surface area contributed by atoms with Crippen molar-refractivity contribution in [2.45, 2.75) is 85.0 Å². The first kappa shape index (κ1) is 16.7. The lowest BCUT2D eigenvalue weighted by molar-refractivity contribution is 0.403. The number of hydrogen-bond acceptors (Lipinski definition) is 2. The lowest BCUT2D eigenvalue weighted by Crippen LogP contribution is -2.05. The third-order valence-corrected chi connectivity index (χ3v) is 4.67. The average molecular weight is 282 g/mol. The zero-order valence-corrected chi connectivity index (χ0v) is 13.9. The number of aryl methyl sites for hydroxylation is 1. The maximum Gasteiger partial charge on any atom is 0.0897 e. The van der Waals surface area contributed by atoms with Gasteiger partial charge in [0.05, 0.1) is 10.7 Å². The van der Waals surface area contributed by atoms with Gasteiger partial charge in [-0.05, 0) is 19.3 Å². The molecule has 0 saturated carbocycles. The van der Waals surface area contributed by atoms with Crippen molar-refractivity contribution >= 4 is 11.3 Å². The van der Waals surface area contributed by atoms with Crippen molar-refractivity contribution in [1.29, 1.82) is 0 Å². The summed E-state index contributed by atoms with van der Waals surface area (Å²) < 4.78 is 0. The highest BCUT2D eigenvalue weighted by atomic mass is 32.1. The van der Waals surface area contributed by atoms with Gasteiger partial charge in [-0.15, -0.1) is 11.3 Å². The zero-order chi connectivity index (χ0) is 13.9. The van der Waals surface area contributed by atoms with Crippen molar-refractivity contribution in [2.75, 3.05) is 0 Å². The summed E-state index contributed by atoms with van der Waals surface area (Å²) in [5.41, 5.74) is 1.33. The number of aromatic nitrogens is 1. The first-order chi connectivity index (χ1) is 9.26. The van der Waals surface area contributed by atoms with Gasteiger partial charge >= 0.3 is 0 Å². The molecule has 0 aliphatic heterocycles. The fourth-order valence-electron chi connectivity index (χ4n) is 2.69. The van der Waals surface area contributed by atoms with Crippen LogP contribution >= 0.6 is 11.3 Å². The fourth-order valence-corrected chi connectivity index (χ4v) is 3.31. The van der Waals surface area contributed by atoms with E-state index < -0.39 is 0 Å². The van der Waals surface area contributed by atoms with Gasteiger partial charge in [0, 0.05) is 5.38 Å². The van der Waals surface area contributed by atoms with Crippen LogP contribution in [-0.4, -0.2) is 4.98 Å². The summed E-state index contributed by atoms with van der Waals surface area (Å²) in [6.45, 7) is 6.69. The van der Waals surface area contributed by atoms with Crippen LogP contribution in [0.4, 0.5) is 0 Å². The van der Waals surface area contributed by atoms with Crippen molar-refractivity contribution in [2.24, 2.45) is 5.92 Å². The Morgan fingerprint density at radius 3 is 2.21 bits per heavy atom. The number of rotatable bonds is 11. The van der Waals surface area contributed by atoms with E-state index in [-0.39, 0.29) is 0 Å². The van der Waals surface area contributed by atoms with E-state index in [1.807, 2.05) is 0 Å². The summed E-state index contributed by atoms with van der Waals surface area (Å²) in [7, 11) is 0. The third kappa shape index (κ3) is 7.71. The highest BCUT2D eigenvalue weighted by molar-refractivity contribution is 7.09. The molecule has 1 rings (SSSR count).